The van der Waals surface area contributed by atoms with E-state index < -0.39 is 0 Å². The van der Waals surface area contributed by atoms with Crippen LogP contribution in [0.25, 0.3) is 6.08 Å². The van der Waals surface area contributed by atoms with Crippen LogP contribution >= 0.6 is 0 Å². The molecule has 106 valence electrons. The Balaban J connectivity index is 1.60. The second-order valence-electron chi connectivity index (χ2n) is 5.06. The molecule has 0 saturated carbocycles. The summed E-state index contributed by atoms with van der Waals surface area (Å²) in [5.41, 5.74) is 2.12. The molecular weight excluding hydrogens is 262 g/mol. The molecule has 1 fully saturated rings. The van der Waals surface area contributed by atoms with Gasteiger partial charge in [-0.15, -0.1) is 0 Å². The monoisotopic (exact) mass is 279 g/mol. The number of hydrogen-bond acceptors (Lipinski definition) is 2. The molecule has 0 spiro atoms. The van der Waals surface area contributed by atoms with E-state index in [9.17, 15) is 4.79 Å². The Morgan fingerprint density at radius 2 is 1.67 bits per heavy atom. The quantitative estimate of drug-likeness (QED) is 0.805. The number of rotatable bonds is 4. The molecular formula is C18H17NO2. The van der Waals surface area contributed by atoms with Gasteiger partial charge in [0.2, 0.25) is 0 Å². The molecule has 3 rings (SSSR count). The second-order valence-corrected chi connectivity index (χ2v) is 5.06. The van der Waals surface area contributed by atoms with E-state index in [1.165, 1.54) is 0 Å². The van der Waals surface area contributed by atoms with Crippen LogP contribution in [0.4, 0.5) is 0 Å². The van der Waals surface area contributed by atoms with Gasteiger partial charge in [-0.2, -0.15) is 0 Å². The summed E-state index contributed by atoms with van der Waals surface area (Å²) in [4.78, 5) is 13.8. The summed E-state index contributed by atoms with van der Waals surface area (Å²) < 4.78 is 5.51. The van der Waals surface area contributed by atoms with Gasteiger partial charge in [-0.1, -0.05) is 60.7 Å². The van der Waals surface area contributed by atoms with Gasteiger partial charge in [0, 0.05) is 13.2 Å². The number of epoxide rings is 1. The molecule has 0 aromatic heterocycles. The summed E-state index contributed by atoms with van der Waals surface area (Å²) >= 11 is 0. The van der Waals surface area contributed by atoms with Crippen LogP contribution in [0.1, 0.15) is 17.2 Å². The van der Waals surface area contributed by atoms with Crippen molar-refractivity contribution < 1.29 is 9.53 Å². The summed E-state index contributed by atoms with van der Waals surface area (Å²) in [5.74, 6) is -0.0176. The largest absolute Gasteiger partial charge is 0.354 e. The van der Waals surface area contributed by atoms with Crippen LogP contribution in [0.3, 0.4) is 0 Å². The number of likely N-dealkylation sites (N-methyl/N-ethyl adjacent to an activating group) is 1. The van der Waals surface area contributed by atoms with Gasteiger partial charge in [0.05, 0.1) is 0 Å². The van der Waals surface area contributed by atoms with Crippen LogP contribution in [-0.2, 0) is 9.53 Å². The molecule has 3 nitrogen and oxygen atoms in total. The molecule has 1 saturated heterocycles. The topological polar surface area (TPSA) is 32.8 Å². The van der Waals surface area contributed by atoms with E-state index >= 15 is 0 Å². The average Bonchev–Trinajstić information content (AvgIpc) is 3.34. The van der Waals surface area contributed by atoms with Crippen molar-refractivity contribution in [2.24, 2.45) is 0 Å². The third-order valence-electron chi connectivity index (χ3n) is 3.50. The minimum atomic E-state index is -0.363. The van der Waals surface area contributed by atoms with Gasteiger partial charge in [-0.25, -0.2) is 0 Å². The van der Waals surface area contributed by atoms with Crippen molar-refractivity contribution in [1.82, 2.24) is 4.90 Å². The van der Waals surface area contributed by atoms with Crippen LogP contribution < -0.4 is 0 Å². The summed E-state index contributed by atoms with van der Waals surface area (Å²) in [6, 6.07) is 19.7. The van der Waals surface area contributed by atoms with Crippen LogP contribution in [0.5, 0.6) is 0 Å². The first-order valence-corrected chi connectivity index (χ1v) is 6.96. The lowest BCUT2D eigenvalue weighted by Crippen LogP contribution is -2.26. The van der Waals surface area contributed by atoms with E-state index in [1.54, 1.807) is 18.1 Å². The maximum absolute atomic E-state index is 12.3. The predicted molar refractivity (Wildman–Crippen MR) is 82.3 cm³/mol. The van der Waals surface area contributed by atoms with Gasteiger partial charge in [0.1, 0.15) is 6.10 Å². The lowest BCUT2D eigenvalue weighted by atomic mass is 10.1. The highest BCUT2D eigenvalue weighted by molar-refractivity contribution is 5.85. The maximum Gasteiger partial charge on any atom is 0.258 e. The summed E-state index contributed by atoms with van der Waals surface area (Å²) in [6.07, 6.45) is 3.23. The number of carbonyl (C=O) groups excluding carboxylic acids is 1. The lowest BCUT2D eigenvalue weighted by molar-refractivity contribution is -0.128. The van der Waals surface area contributed by atoms with Gasteiger partial charge >= 0.3 is 0 Å². The van der Waals surface area contributed by atoms with E-state index in [4.69, 9.17) is 4.74 Å². The van der Waals surface area contributed by atoms with E-state index in [1.807, 2.05) is 66.7 Å². The molecule has 1 heterocycles. The molecule has 0 aliphatic carbocycles. The average molecular weight is 279 g/mol. The number of amides is 1. The molecule has 1 aliphatic rings. The number of nitrogens with zero attached hydrogens (tertiary/aromatic N) is 1. The van der Waals surface area contributed by atoms with Crippen molar-refractivity contribution in [1.29, 1.82) is 0 Å². The van der Waals surface area contributed by atoms with Crippen molar-refractivity contribution >= 4 is 12.0 Å². The Labute approximate surface area is 124 Å². The van der Waals surface area contributed by atoms with Crippen LogP contribution in [-0.4, -0.2) is 24.0 Å². The van der Waals surface area contributed by atoms with Gasteiger partial charge in [0.25, 0.3) is 5.91 Å². The van der Waals surface area contributed by atoms with Crippen molar-refractivity contribution in [3.8, 4) is 0 Å². The SMILES string of the molecule is CN(/C=C/c1ccccc1)C(=O)[C@H]1O[C@H]1c1ccccc1. The third-order valence-corrected chi connectivity index (χ3v) is 3.50. The zero-order valence-electron chi connectivity index (χ0n) is 11.8. The van der Waals surface area contributed by atoms with Crippen LogP contribution in [0.15, 0.2) is 66.9 Å². The van der Waals surface area contributed by atoms with Gasteiger partial charge in [-0.3, -0.25) is 4.79 Å². The predicted octanol–water partition coefficient (Wildman–Crippen LogP) is 3.26. The fourth-order valence-electron chi connectivity index (χ4n) is 2.23. The van der Waals surface area contributed by atoms with E-state index in [2.05, 4.69) is 0 Å². The van der Waals surface area contributed by atoms with E-state index in [0.29, 0.717) is 0 Å². The Kier molecular flexibility index (Phi) is 3.84. The van der Waals surface area contributed by atoms with Crippen molar-refractivity contribution in [2.75, 3.05) is 7.05 Å². The first-order chi connectivity index (χ1) is 10.3. The number of hydrogen-bond donors (Lipinski definition) is 0. The van der Waals surface area contributed by atoms with Crippen LogP contribution in [0, 0.1) is 0 Å². The first-order valence-electron chi connectivity index (χ1n) is 6.96. The number of carbonyl (C=O) groups is 1. The highest BCUT2D eigenvalue weighted by Crippen LogP contribution is 2.39. The van der Waals surface area contributed by atoms with Gasteiger partial charge < -0.3 is 9.64 Å². The Hall–Kier alpha value is -2.39. The minimum Gasteiger partial charge on any atom is -0.354 e. The zero-order valence-corrected chi connectivity index (χ0v) is 11.8. The summed E-state index contributed by atoms with van der Waals surface area (Å²) in [5, 5.41) is 0. The smallest absolute Gasteiger partial charge is 0.258 e. The fraction of sp³-hybridized carbons (Fsp3) is 0.167. The molecule has 2 aromatic rings. The minimum absolute atomic E-state index is 0.0176. The number of benzene rings is 2. The maximum atomic E-state index is 12.3. The standard InChI is InChI=1S/C18H17NO2/c1-19(13-12-14-8-4-2-5-9-14)18(20)17-16(21-17)15-10-6-3-7-11-15/h2-13,16-17H,1H3/b13-12+/t16-,17-/m0/s1. The molecule has 0 bridgehead atoms. The molecule has 2 atom stereocenters. The highest BCUT2D eigenvalue weighted by Gasteiger charge is 2.46. The molecule has 0 unspecified atom stereocenters. The van der Waals surface area contributed by atoms with Crippen molar-refractivity contribution in [2.45, 2.75) is 12.2 Å². The molecule has 3 heteroatoms. The third kappa shape index (κ3) is 3.20. The normalized spacial score (nSPS) is 20.4. The Morgan fingerprint density at radius 3 is 2.33 bits per heavy atom. The van der Waals surface area contributed by atoms with Crippen molar-refractivity contribution in [3.63, 3.8) is 0 Å². The molecule has 2 aromatic carbocycles. The molecule has 21 heavy (non-hydrogen) atoms. The highest BCUT2D eigenvalue weighted by atomic mass is 16.6. The first kappa shape index (κ1) is 13.6. The zero-order chi connectivity index (χ0) is 14.7. The second kappa shape index (κ2) is 5.94. The summed E-state index contributed by atoms with van der Waals surface area (Å²) in [7, 11) is 1.76. The molecule has 0 radical (unpaired) electrons. The number of ether oxygens (including phenoxy) is 1. The van der Waals surface area contributed by atoms with E-state index in [-0.39, 0.29) is 18.1 Å². The Bertz CT molecular complexity index is 637. The van der Waals surface area contributed by atoms with Crippen LogP contribution in [0.2, 0.25) is 0 Å². The molecule has 0 N–H and O–H groups in total. The fourth-order valence-corrected chi connectivity index (χ4v) is 2.23. The molecule has 1 amide bonds. The van der Waals surface area contributed by atoms with Crippen molar-refractivity contribution in [3.05, 3.63) is 78.0 Å². The lowest BCUT2D eigenvalue weighted by Gasteiger charge is -2.10. The molecule has 1 aliphatic heterocycles. The summed E-state index contributed by atoms with van der Waals surface area (Å²) in [6.45, 7) is 0. The van der Waals surface area contributed by atoms with Gasteiger partial charge in [-0.05, 0) is 17.2 Å². The Morgan fingerprint density at radius 1 is 1.05 bits per heavy atom. The van der Waals surface area contributed by atoms with Gasteiger partial charge in [0.15, 0.2) is 6.10 Å². The van der Waals surface area contributed by atoms with E-state index in [0.717, 1.165) is 11.1 Å².